The molecule has 0 saturated heterocycles. The second kappa shape index (κ2) is 15.2. The second-order valence-electron chi connectivity index (χ2n) is 8.18. The average molecular weight is 561 g/mol. The molecule has 4 rings (SSSR count). The molecule has 0 aromatic heterocycles. The van der Waals surface area contributed by atoms with Gasteiger partial charge in [0.15, 0.2) is 0 Å². The van der Waals surface area contributed by atoms with Crippen LogP contribution >= 0.6 is 0 Å². The van der Waals surface area contributed by atoms with Gasteiger partial charge in [0.1, 0.15) is 0 Å². The van der Waals surface area contributed by atoms with Crippen molar-refractivity contribution in [3.05, 3.63) is 89.0 Å². The molecule has 0 saturated carbocycles. The van der Waals surface area contributed by atoms with Crippen LogP contribution in [0, 0.1) is 12.0 Å². The molecule has 0 amide bonds. The van der Waals surface area contributed by atoms with Gasteiger partial charge in [-0.25, -0.2) is 5.57 Å². The summed E-state index contributed by atoms with van der Waals surface area (Å²) < 4.78 is 0. The summed E-state index contributed by atoms with van der Waals surface area (Å²) in [4.78, 5) is 0. The van der Waals surface area contributed by atoms with Gasteiger partial charge in [-0.2, -0.15) is 11.1 Å². The van der Waals surface area contributed by atoms with Gasteiger partial charge < -0.3 is 24.8 Å². The van der Waals surface area contributed by atoms with Crippen LogP contribution in [0.4, 0.5) is 0 Å². The average Bonchev–Trinajstić information content (AvgIpc) is 3.25. The molecule has 1 unspecified atom stereocenters. The Balaban J connectivity index is 0.000000547. The molecular formula is C28H34Cl2SiZr-2. The van der Waals surface area contributed by atoms with E-state index >= 15 is 0 Å². The van der Waals surface area contributed by atoms with Crippen LogP contribution < -0.4 is 24.8 Å². The minimum Gasteiger partial charge on any atom is -1.00 e. The molecule has 0 N–H and O–H groups in total. The maximum absolute atomic E-state index is 3.36. The molecule has 0 aliphatic heterocycles. The summed E-state index contributed by atoms with van der Waals surface area (Å²) >= 11 is 1.74. The van der Waals surface area contributed by atoms with E-state index in [0.717, 1.165) is 6.42 Å². The van der Waals surface area contributed by atoms with E-state index in [0.29, 0.717) is 5.92 Å². The van der Waals surface area contributed by atoms with E-state index in [-0.39, 0.29) is 30.2 Å². The van der Waals surface area contributed by atoms with Crippen molar-refractivity contribution in [3.63, 3.8) is 0 Å². The van der Waals surface area contributed by atoms with Crippen molar-refractivity contribution in [2.45, 2.75) is 54.1 Å². The summed E-state index contributed by atoms with van der Waals surface area (Å²) in [5.74, 6) is 0.560. The Kier molecular flexibility index (Phi) is 14.8. The number of benzene rings is 2. The Hall–Kier alpha value is -0.790. The van der Waals surface area contributed by atoms with E-state index in [9.17, 15) is 0 Å². The van der Waals surface area contributed by atoms with Crippen molar-refractivity contribution < 1.29 is 48.1 Å². The summed E-state index contributed by atoms with van der Waals surface area (Å²) in [5.41, 5.74) is 8.49. The summed E-state index contributed by atoms with van der Waals surface area (Å²) in [6, 6.07) is 21.8. The van der Waals surface area contributed by atoms with E-state index < -0.39 is 0 Å². The molecule has 32 heavy (non-hydrogen) atoms. The third kappa shape index (κ3) is 8.86. The predicted octanol–water partition coefficient (Wildman–Crippen LogP) is 2.30. The van der Waals surface area contributed by atoms with Crippen molar-refractivity contribution in [3.8, 4) is 11.1 Å². The first-order valence-corrected chi connectivity index (χ1v) is 17.0. The van der Waals surface area contributed by atoms with E-state index in [1.165, 1.54) is 44.2 Å². The molecule has 0 nitrogen and oxygen atoms in total. The van der Waals surface area contributed by atoms with Gasteiger partial charge in [0.05, 0.1) is 0 Å². The summed E-state index contributed by atoms with van der Waals surface area (Å²) in [6.07, 6.45) is 4.46. The molecular weight excluding hydrogens is 527 g/mol. The van der Waals surface area contributed by atoms with Crippen LogP contribution in [0.2, 0.25) is 13.1 Å². The number of fused-ring (bicyclic) bond motifs is 1. The predicted molar refractivity (Wildman–Crippen MR) is 132 cm³/mol. The molecule has 0 fully saturated rings. The van der Waals surface area contributed by atoms with E-state index in [1.54, 1.807) is 23.3 Å². The number of rotatable bonds is 2. The zero-order valence-electron chi connectivity index (χ0n) is 20.3. The second-order valence-corrected chi connectivity index (χ2v) is 17.6. The number of allylic oxidation sites excluding steroid dienone is 4. The summed E-state index contributed by atoms with van der Waals surface area (Å²) in [5, 5.41) is 2.67. The number of halogens is 2. The Morgan fingerprint density at radius 2 is 1.53 bits per heavy atom. The molecule has 0 spiro atoms. The smallest absolute Gasteiger partial charge is 1.00 e. The molecule has 0 bridgehead atoms. The van der Waals surface area contributed by atoms with Gasteiger partial charge in [-0.1, -0.05) is 69.5 Å². The number of hydrogen-bond acceptors (Lipinski definition) is 0. The molecule has 4 heteroatoms. The van der Waals surface area contributed by atoms with Crippen LogP contribution in [0.15, 0.2) is 77.4 Å². The van der Waals surface area contributed by atoms with Crippen molar-refractivity contribution >= 4 is 16.2 Å². The Morgan fingerprint density at radius 3 is 1.97 bits per heavy atom. The van der Waals surface area contributed by atoms with E-state index in [4.69, 9.17) is 0 Å². The summed E-state index contributed by atoms with van der Waals surface area (Å²) in [7, 11) is 0. The molecule has 170 valence electrons. The van der Waals surface area contributed by atoms with Crippen LogP contribution in [0.1, 0.15) is 40.2 Å². The van der Waals surface area contributed by atoms with Crippen LogP contribution in [0.5, 0.6) is 0 Å². The zero-order valence-corrected chi connectivity index (χ0v) is 25.3. The molecule has 1 atom stereocenters. The van der Waals surface area contributed by atoms with Crippen LogP contribution in [-0.4, -0.2) is 5.43 Å². The van der Waals surface area contributed by atoms with Crippen LogP contribution in [0.3, 0.4) is 0 Å². The van der Waals surface area contributed by atoms with Gasteiger partial charge in [0.25, 0.3) is 0 Å². The third-order valence-electron chi connectivity index (χ3n) is 5.59. The van der Waals surface area contributed by atoms with Gasteiger partial charge in [-0.3, -0.25) is 6.08 Å². The minimum atomic E-state index is 0. The van der Waals surface area contributed by atoms with E-state index in [1.807, 2.05) is 0 Å². The Morgan fingerprint density at radius 1 is 0.969 bits per heavy atom. The monoisotopic (exact) mass is 558 g/mol. The SMILES string of the molecule is CC1=[C-]C(C)C(C)=C1C.CCc1ccc(-c2c[cH-]c3ccccc23)cc1.C[Si](C)=[Zr+2].[Cl-].[Cl-]. The van der Waals surface area contributed by atoms with Gasteiger partial charge in [-0.15, -0.1) is 53.6 Å². The normalized spacial score (nSPS) is 14.3. The van der Waals surface area contributed by atoms with Gasteiger partial charge in [0.2, 0.25) is 0 Å². The fraction of sp³-hybridized carbons (Fsp3) is 0.321. The van der Waals surface area contributed by atoms with Crippen LogP contribution in [-0.2, 0) is 29.8 Å². The van der Waals surface area contributed by atoms with Gasteiger partial charge >= 0.3 is 41.9 Å². The first-order valence-electron chi connectivity index (χ1n) is 10.8. The Bertz CT molecular complexity index is 1050. The number of hydrogen-bond donors (Lipinski definition) is 0. The fourth-order valence-corrected chi connectivity index (χ4v) is 3.48. The Labute approximate surface area is 223 Å². The summed E-state index contributed by atoms with van der Waals surface area (Å²) in [6.45, 7) is 15.5. The molecule has 1 aliphatic rings. The zero-order chi connectivity index (χ0) is 22.3. The quantitative estimate of drug-likeness (QED) is 0.334. The van der Waals surface area contributed by atoms with Gasteiger partial charge in [-0.05, 0) is 12.0 Å². The van der Waals surface area contributed by atoms with Crippen molar-refractivity contribution in [2.75, 3.05) is 0 Å². The fourth-order valence-electron chi connectivity index (χ4n) is 3.48. The van der Waals surface area contributed by atoms with Crippen molar-refractivity contribution in [1.82, 2.24) is 0 Å². The largest absolute Gasteiger partial charge is 1.00 e. The maximum Gasteiger partial charge on any atom is -1.00 e. The van der Waals surface area contributed by atoms with Crippen molar-refractivity contribution in [2.24, 2.45) is 5.92 Å². The molecule has 3 aromatic rings. The molecule has 0 heterocycles. The first-order chi connectivity index (χ1) is 14.2. The number of aryl methyl sites for hydroxylation is 1. The van der Waals surface area contributed by atoms with Crippen molar-refractivity contribution in [1.29, 1.82) is 0 Å². The maximum atomic E-state index is 3.36. The topological polar surface area (TPSA) is 0 Å². The third-order valence-corrected chi connectivity index (χ3v) is 5.59. The first kappa shape index (κ1) is 31.2. The molecule has 3 aromatic carbocycles. The van der Waals surface area contributed by atoms with E-state index in [2.05, 4.69) is 114 Å². The standard InChI is InChI=1S/C17H15.C9H13.C2H6Si.2ClH.Zr/c1-2-13-7-9-15(10-8-13)17-12-11-14-5-3-4-6-16(14)17;1-6-5-7(2)9(4)8(6)3;1-3-2;;;/h3-12H,2H2,1H3;6H,1-4H3;1-2H3;2*1H;/q2*-1;;;;+2/p-2. The minimum absolute atomic E-state index is 0. The van der Waals surface area contributed by atoms with Gasteiger partial charge in [0, 0.05) is 0 Å². The van der Waals surface area contributed by atoms with Crippen LogP contribution in [0.25, 0.3) is 21.9 Å². The molecule has 1 aliphatic carbocycles. The molecule has 0 radical (unpaired) electrons.